The molecule has 0 aromatic carbocycles. The maximum atomic E-state index is 11.5. The van der Waals surface area contributed by atoms with E-state index in [1.165, 1.54) is 77.0 Å². The van der Waals surface area contributed by atoms with Crippen molar-refractivity contribution in [1.82, 2.24) is 5.32 Å². The van der Waals surface area contributed by atoms with Crippen LogP contribution in [0.5, 0.6) is 0 Å². The molecule has 192 valence electrons. The maximum absolute atomic E-state index is 11.5. The third-order valence-electron chi connectivity index (χ3n) is 5.52. The van der Waals surface area contributed by atoms with Crippen LogP contribution in [0, 0.1) is 5.92 Å². The average molecular weight is 478 g/mol. The number of hydrogen-bond acceptors (Lipinski definition) is 6. The van der Waals surface area contributed by atoms with Crippen LogP contribution in [0.25, 0.3) is 0 Å². The summed E-state index contributed by atoms with van der Waals surface area (Å²) in [6.07, 6.45) is 18.6. The van der Waals surface area contributed by atoms with E-state index in [2.05, 4.69) is 12.2 Å². The zero-order chi connectivity index (χ0) is 23.7. The van der Waals surface area contributed by atoms with Crippen molar-refractivity contribution in [3.8, 4) is 0 Å². The van der Waals surface area contributed by atoms with E-state index in [0.717, 1.165) is 26.0 Å². The number of hydrogen-bond donors (Lipinski definition) is 2. The topological polar surface area (TPSA) is 77.0 Å². The van der Waals surface area contributed by atoms with Gasteiger partial charge in [0.2, 0.25) is 0 Å². The van der Waals surface area contributed by atoms with Gasteiger partial charge in [0.25, 0.3) is 0 Å². The molecule has 2 atom stereocenters. The lowest BCUT2D eigenvalue weighted by molar-refractivity contribution is -0.118. The summed E-state index contributed by atoms with van der Waals surface area (Å²) in [5, 5.41) is 3.03. The normalized spacial score (nSPS) is 13.4. The molecule has 2 N–H and O–H groups in total. The summed E-state index contributed by atoms with van der Waals surface area (Å²) in [5.41, 5.74) is 0. The summed E-state index contributed by atoms with van der Waals surface area (Å²) >= 11 is 0. The van der Waals surface area contributed by atoms with Crippen molar-refractivity contribution in [2.24, 2.45) is 5.92 Å². The molecule has 32 heavy (non-hydrogen) atoms. The summed E-state index contributed by atoms with van der Waals surface area (Å²) in [5.74, 6) is 0.0768. The molecule has 6 nitrogen and oxygen atoms in total. The molecular formula is C25H52NO5P. The van der Waals surface area contributed by atoms with E-state index in [1.807, 2.05) is 7.05 Å². The molecule has 0 fully saturated rings. The van der Waals surface area contributed by atoms with Crippen LogP contribution >= 0.6 is 8.60 Å². The van der Waals surface area contributed by atoms with E-state index in [0.29, 0.717) is 19.6 Å². The number of unbranched alkanes of at least 4 members (excludes halogenated alkanes) is 12. The van der Waals surface area contributed by atoms with Crippen molar-refractivity contribution < 1.29 is 23.5 Å². The van der Waals surface area contributed by atoms with Crippen LogP contribution in [0.2, 0.25) is 0 Å². The van der Waals surface area contributed by atoms with Crippen LogP contribution in [0.15, 0.2) is 0 Å². The molecule has 0 aliphatic rings. The Morgan fingerprint density at radius 3 is 1.91 bits per heavy atom. The van der Waals surface area contributed by atoms with Gasteiger partial charge < -0.3 is 28.8 Å². The molecule has 7 heteroatoms. The number of Topliss-reactive ketones (excluding diaryl/α,β-unsaturated/α-hetero) is 1. The third-order valence-corrected chi connectivity index (χ3v) is 6.29. The van der Waals surface area contributed by atoms with Gasteiger partial charge in [-0.1, -0.05) is 84.0 Å². The second-order valence-corrected chi connectivity index (χ2v) is 9.91. The molecule has 0 aliphatic carbocycles. The van der Waals surface area contributed by atoms with Crippen molar-refractivity contribution in [1.29, 1.82) is 0 Å². The minimum atomic E-state index is -1.89. The van der Waals surface area contributed by atoms with Crippen LogP contribution in [0.1, 0.15) is 110 Å². The zero-order valence-corrected chi connectivity index (χ0v) is 22.1. The fourth-order valence-corrected chi connectivity index (χ4v) is 4.34. The molecule has 0 spiro atoms. The van der Waals surface area contributed by atoms with Gasteiger partial charge in [0.05, 0.1) is 19.8 Å². The predicted octanol–water partition coefficient (Wildman–Crippen LogP) is 6.55. The SMILES string of the molecule is CCCCCCCCCCCCCCCOCC(COP(O)OCCCNC)CC(C)=O. The molecule has 0 saturated carbocycles. The molecular weight excluding hydrogens is 425 g/mol. The second kappa shape index (κ2) is 25.5. The standard InChI is InChI=1S/C25H52NO5P/c1-4-5-6-7-8-9-10-11-12-13-14-15-16-19-29-22-25(21-24(2)27)23-31-32(28)30-20-17-18-26-3/h25-26,28H,4-23H2,1-3H3. The Hall–Kier alpha value is -0.100. The molecule has 0 aromatic heterocycles. The Bertz CT molecular complexity index is 401. The number of rotatable bonds is 26. The Morgan fingerprint density at radius 2 is 1.38 bits per heavy atom. The lowest BCUT2D eigenvalue weighted by Gasteiger charge is -2.18. The van der Waals surface area contributed by atoms with Crippen molar-refractivity contribution >= 4 is 14.4 Å². The molecule has 0 rings (SSSR count). The quantitative estimate of drug-likeness (QED) is 0.109. The smallest absolute Gasteiger partial charge is 0.329 e. The number of carbonyl (C=O) groups excluding carboxylic acids is 1. The van der Waals surface area contributed by atoms with E-state index in [-0.39, 0.29) is 18.3 Å². The first kappa shape index (κ1) is 31.9. The highest BCUT2D eigenvalue weighted by Crippen LogP contribution is 2.33. The highest BCUT2D eigenvalue weighted by Gasteiger charge is 2.16. The monoisotopic (exact) mass is 477 g/mol. The fraction of sp³-hybridized carbons (Fsp3) is 0.960. The molecule has 0 bridgehead atoms. The largest absolute Gasteiger partial charge is 0.381 e. The molecule has 0 amide bonds. The summed E-state index contributed by atoms with van der Waals surface area (Å²) in [6.45, 7) is 6.63. The van der Waals surface area contributed by atoms with E-state index < -0.39 is 8.60 Å². The maximum Gasteiger partial charge on any atom is 0.329 e. The van der Waals surface area contributed by atoms with Gasteiger partial charge in [-0.2, -0.15) is 0 Å². The Kier molecular flexibility index (Phi) is 25.4. The van der Waals surface area contributed by atoms with Crippen LogP contribution in [-0.4, -0.2) is 50.7 Å². The number of carbonyl (C=O) groups is 1. The van der Waals surface area contributed by atoms with E-state index >= 15 is 0 Å². The van der Waals surface area contributed by atoms with Gasteiger partial charge >= 0.3 is 8.60 Å². The molecule has 2 unspecified atom stereocenters. The fourth-order valence-electron chi connectivity index (χ4n) is 3.64. The average Bonchev–Trinajstić information content (AvgIpc) is 2.77. The predicted molar refractivity (Wildman–Crippen MR) is 135 cm³/mol. The molecule has 0 saturated heterocycles. The van der Waals surface area contributed by atoms with Crippen LogP contribution in [0.3, 0.4) is 0 Å². The van der Waals surface area contributed by atoms with Gasteiger partial charge in [-0.05, 0) is 33.4 Å². The van der Waals surface area contributed by atoms with Crippen LogP contribution < -0.4 is 5.32 Å². The van der Waals surface area contributed by atoms with Gasteiger partial charge in [-0.3, -0.25) is 0 Å². The Labute approximate surface area is 199 Å². The van der Waals surface area contributed by atoms with Crippen molar-refractivity contribution in [2.45, 2.75) is 110 Å². The first-order chi connectivity index (χ1) is 15.6. The highest BCUT2D eigenvalue weighted by atomic mass is 31.2. The zero-order valence-electron chi connectivity index (χ0n) is 21.2. The Balaban J connectivity index is 3.59. The first-order valence-electron chi connectivity index (χ1n) is 13.1. The Morgan fingerprint density at radius 1 is 0.812 bits per heavy atom. The summed E-state index contributed by atoms with van der Waals surface area (Å²) < 4.78 is 16.5. The van der Waals surface area contributed by atoms with Crippen LogP contribution in [0.4, 0.5) is 0 Å². The molecule has 0 heterocycles. The highest BCUT2D eigenvalue weighted by molar-refractivity contribution is 7.40. The van der Waals surface area contributed by atoms with Gasteiger partial charge in [0.15, 0.2) is 0 Å². The van der Waals surface area contributed by atoms with Gasteiger partial charge in [-0.25, -0.2) is 0 Å². The lowest BCUT2D eigenvalue weighted by atomic mass is 10.0. The van der Waals surface area contributed by atoms with E-state index in [1.54, 1.807) is 6.92 Å². The number of ether oxygens (including phenoxy) is 1. The van der Waals surface area contributed by atoms with Gasteiger partial charge in [0, 0.05) is 18.9 Å². The summed E-state index contributed by atoms with van der Waals surface area (Å²) in [4.78, 5) is 21.3. The van der Waals surface area contributed by atoms with Crippen molar-refractivity contribution in [2.75, 3.05) is 40.0 Å². The van der Waals surface area contributed by atoms with Crippen molar-refractivity contribution in [3.63, 3.8) is 0 Å². The first-order valence-corrected chi connectivity index (χ1v) is 14.2. The van der Waals surface area contributed by atoms with Crippen molar-refractivity contribution in [3.05, 3.63) is 0 Å². The molecule has 0 aromatic rings. The minimum absolute atomic E-state index is 0.0347. The third kappa shape index (κ3) is 24.5. The van der Waals surface area contributed by atoms with Gasteiger partial charge in [0.1, 0.15) is 5.78 Å². The summed E-state index contributed by atoms with van der Waals surface area (Å²) in [6, 6.07) is 0. The van der Waals surface area contributed by atoms with E-state index in [9.17, 15) is 9.69 Å². The molecule has 0 aliphatic heterocycles. The summed E-state index contributed by atoms with van der Waals surface area (Å²) in [7, 11) is -0.0102. The number of nitrogens with one attached hydrogen (secondary N) is 1. The minimum Gasteiger partial charge on any atom is -0.381 e. The second-order valence-electron chi connectivity index (χ2n) is 8.91. The van der Waals surface area contributed by atoms with Crippen LogP contribution in [-0.2, 0) is 18.6 Å². The van der Waals surface area contributed by atoms with Gasteiger partial charge in [-0.15, -0.1) is 0 Å². The lowest BCUT2D eigenvalue weighted by Crippen LogP contribution is -2.19. The molecule has 0 radical (unpaired) electrons. The number of ketones is 1. The van der Waals surface area contributed by atoms with E-state index in [4.69, 9.17) is 13.8 Å².